The molecular weight excluding hydrogens is 358 g/mol. The summed E-state index contributed by atoms with van der Waals surface area (Å²) < 4.78 is 15.8. The number of ketones is 1. The summed E-state index contributed by atoms with van der Waals surface area (Å²) in [6.45, 7) is 2.53. The van der Waals surface area contributed by atoms with Crippen LogP contribution in [0, 0.1) is 5.92 Å². The minimum atomic E-state index is -0.231. The summed E-state index contributed by atoms with van der Waals surface area (Å²) in [5.41, 5.74) is 0.633. The third-order valence-electron chi connectivity index (χ3n) is 4.09. The van der Waals surface area contributed by atoms with Crippen LogP contribution in [0.1, 0.15) is 44.7 Å². The van der Waals surface area contributed by atoms with Crippen LogP contribution in [0.2, 0.25) is 0 Å². The first-order valence-electron chi connectivity index (χ1n) is 8.68. The van der Waals surface area contributed by atoms with E-state index in [0.29, 0.717) is 43.2 Å². The van der Waals surface area contributed by atoms with E-state index in [1.165, 1.54) is 7.11 Å². The number of ether oxygens (including phenoxy) is 3. The van der Waals surface area contributed by atoms with Gasteiger partial charge in [-0.25, -0.2) is 0 Å². The zero-order valence-corrected chi connectivity index (χ0v) is 16.0. The fraction of sp³-hybridized carbons (Fsp3) is 0.526. The maximum Gasteiger partial charge on any atom is 0.305 e. The van der Waals surface area contributed by atoms with Crippen LogP contribution in [0.4, 0.5) is 0 Å². The van der Waals surface area contributed by atoms with Crippen LogP contribution < -0.4 is 9.47 Å². The number of allylic oxidation sites excluding steroid dienone is 1. The zero-order chi connectivity index (χ0) is 18.1. The molecule has 1 aliphatic rings. The predicted octanol–water partition coefficient (Wildman–Crippen LogP) is 3.62. The largest absolute Gasteiger partial charge is 0.491 e. The van der Waals surface area contributed by atoms with Gasteiger partial charge >= 0.3 is 5.97 Å². The molecule has 1 fully saturated rings. The van der Waals surface area contributed by atoms with Crippen molar-refractivity contribution in [2.75, 3.05) is 20.3 Å². The standard InChI is InChI=1S/C19H25NO5.ClH/c1-3-24-19(22)8-5-11-25-17-12-15(20-13-18(17)23-2)9-10-16(21)14-6-4-7-14;/h9-10,12-14H,3-8,11H2,1-2H3;1H. The van der Waals surface area contributed by atoms with Gasteiger partial charge in [0.25, 0.3) is 0 Å². The lowest BCUT2D eigenvalue weighted by molar-refractivity contribution is -0.143. The smallest absolute Gasteiger partial charge is 0.305 e. The number of hydrogen-bond acceptors (Lipinski definition) is 6. The summed E-state index contributed by atoms with van der Waals surface area (Å²) in [6.07, 6.45) is 8.80. The summed E-state index contributed by atoms with van der Waals surface area (Å²) in [5.74, 6) is 1.15. The van der Waals surface area contributed by atoms with Gasteiger partial charge in [-0.2, -0.15) is 0 Å². The minimum Gasteiger partial charge on any atom is -0.491 e. The van der Waals surface area contributed by atoms with Crippen LogP contribution in [0.15, 0.2) is 18.3 Å². The average Bonchev–Trinajstić information content (AvgIpc) is 2.55. The van der Waals surface area contributed by atoms with Crippen LogP contribution in [0.5, 0.6) is 11.5 Å². The molecule has 0 saturated heterocycles. The lowest BCUT2D eigenvalue weighted by Crippen LogP contribution is -2.19. The molecule has 2 rings (SSSR count). The minimum absolute atomic E-state index is 0. The van der Waals surface area contributed by atoms with Gasteiger partial charge in [0.1, 0.15) is 0 Å². The Hall–Kier alpha value is -2.08. The Morgan fingerprint density at radius 3 is 2.69 bits per heavy atom. The van der Waals surface area contributed by atoms with Gasteiger partial charge in [-0.1, -0.05) is 6.42 Å². The normalized spacial score (nSPS) is 13.6. The van der Waals surface area contributed by atoms with E-state index in [2.05, 4.69) is 4.98 Å². The Labute approximate surface area is 160 Å². The molecule has 1 saturated carbocycles. The molecule has 0 unspecified atom stereocenters. The topological polar surface area (TPSA) is 74.7 Å². The van der Waals surface area contributed by atoms with Crippen LogP contribution in [0.3, 0.4) is 0 Å². The number of carbonyl (C=O) groups is 2. The third kappa shape index (κ3) is 6.67. The maximum atomic E-state index is 11.9. The predicted molar refractivity (Wildman–Crippen MR) is 101 cm³/mol. The van der Waals surface area contributed by atoms with Crippen molar-refractivity contribution in [2.24, 2.45) is 5.92 Å². The van der Waals surface area contributed by atoms with Crippen molar-refractivity contribution < 1.29 is 23.8 Å². The molecule has 1 aromatic heterocycles. The lowest BCUT2D eigenvalue weighted by Gasteiger charge is -2.21. The highest BCUT2D eigenvalue weighted by molar-refractivity contribution is 5.95. The zero-order valence-electron chi connectivity index (χ0n) is 15.2. The second kappa shape index (κ2) is 11.5. The van der Waals surface area contributed by atoms with Crippen LogP contribution >= 0.6 is 12.4 Å². The van der Waals surface area contributed by atoms with Gasteiger partial charge in [0.2, 0.25) is 0 Å². The number of hydrogen-bond donors (Lipinski definition) is 0. The summed E-state index contributed by atoms with van der Waals surface area (Å²) >= 11 is 0. The summed E-state index contributed by atoms with van der Waals surface area (Å²) in [4.78, 5) is 27.5. The van der Waals surface area contributed by atoms with Gasteiger partial charge in [0.15, 0.2) is 17.3 Å². The van der Waals surface area contributed by atoms with Gasteiger partial charge in [-0.3, -0.25) is 14.6 Å². The molecule has 0 spiro atoms. The Balaban J connectivity index is 0.00000338. The number of methoxy groups -OCH3 is 1. The second-order valence-electron chi connectivity index (χ2n) is 5.88. The Bertz CT molecular complexity index is 628. The molecule has 1 aromatic rings. The second-order valence-corrected chi connectivity index (χ2v) is 5.88. The first-order chi connectivity index (χ1) is 12.1. The van der Waals surface area contributed by atoms with Gasteiger partial charge in [-0.15, -0.1) is 12.4 Å². The van der Waals surface area contributed by atoms with Gasteiger partial charge in [0.05, 0.1) is 32.2 Å². The fourth-order valence-corrected chi connectivity index (χ4v) is 2.42. The molecule has 144 valence electrons. The van der Waals surface area contributed by atoms with Gasteiger partial charge in [0, 0.05) is 18.4 Å². The first-order valence-corrected chi connectivity index (χ1v) is 8.68. The van der Waals surface area contributed by atoms with Crippen LogP contribution in [0.25, 0.3) is 6.08 Å². The quantitative estimate of drug-likeness (QED) is 0.349. The highest BCUT2D eigenvalue weighted by atomic mass is 35.5. The summed E-state index contributed by atoms with van der Waals surface area (Å²) in [7, 11) is 1.54. The van der Waals surface area contributed by atoms with Gasteiger partial charge < -0.3 is 14.2 Å². The van der Waals surface area contributed by atoms with E-state index in [1.54, 1.807) is 31.3 Å². The molecule has 0 radical (unpaired) electrons. The molecular formula is C19H26ClNO5. The van der Waals surface area contributed by atoms with Crippen molar-refractivity contribution in [1.82, 2.24) is 4.98 Å². The van der Waals surface area contributed by atoms with Crippen molar-refractivity contribution in [3.8, 4) is 11.5 Å². The molecule has 0 amide bonds. The third-order valence-corrected chi connectivity index (χ3v) is 4.09. The number of pyridine rings is 1. The number of halogens is 1. The fourth-order valence-electron chi connectivity index (χ4n) is 2.42. The number of rotatable bonds is 10. The van der Waals surface area contributed by atoms with E-state index in [1.807, 2.05) is 0 Å². The van der Waals surface area contributed by atoms with Crippen LogP contribution in [-0.2, 0) is 14.3 Å². The number of carbonyl (C=O) groups excluding carboxylic acids is 2. The van der Waals surface area contributed by atoms with Crippen molar-refractivity contribution >= 4 is 30.2 Å². The average molecular weight is 384 g/mol. The molecule has 7 heteroatoms. The molecule has 6 nitrogen and oxygen atoms in total. The Morgan fingerprint density at radius 2 is 2.08 bits per heavy atom. The SMILES string of the molecule is CCOC(=O)CCCOc1cc(C=CC(=O)C2CCC2)ncc1OC.Cl. The molecule has 1 heterocycles. The molecule has 26 heavy (non-hydrogen) atoms. The lowest BCUT2D eigenvalue weighted by atomic mass is 9.82. The van der Waals surface area contributed by atoms with Crippen molar-refractivity contribution in [3.63, 3.8) is 0 Å². The molecule has 0 bridgehead atoms. The molecule has 0 atom stereocenters. The van der Waals surface area contributed by atoms with E-state index in [9.17, 15) is 9.59 Å². The van der Waals surface area contributed by atoms with E-state index < -0.39 is 0 Å². The van der Waals surface area contributed by atoms with Crippen LogP contribution in [-0.4, -0.2) is 37.1 Å². The first kappa shape index (κ1) is 22.0. The van der Waals surface area contributed by atoms with E-state index in [0.717, 1.165) is 19.3 Å². The highest BCUT2D eigenvalue weighted by Crippen LogP contribution is 2.29. The molecule has 0 aromatic carbocycles. The summed E-state index contributed by atoms with van der Waals surface area (Å²) in [5, 5.41) is 0. The molecule has 1 aliphatic carbocycles. The Morgan fingerprint density at radius 1 is 1.31 bits per heavy atom. The van der Waals surface area contributed by atoms with Crippen molar-refractivity contribution in [3.05, 3.63) is 24.0 Å². The number of aromatic nitrogens is 1. The van der Waals surface area contributed by atoms with E-state index >= 15 is 0 Å². The van der Waals surface area contributed by atoms with Gasteiger partial charge in [-0.05, 0) is 38.3 Å². The Kier molecular flexibility index (Phi) is 9.73. The highest BCUT2D eigenvalue weighted by Gasteiger charge is 2.22. The summed E-state index contributed by atoms with van der Waals surface area (Å²) in [6, 6.07) is 1.73. The van der Waals surface area contributed by atoms with E-state index in [-0.39, 0.29) is 30.1 Å². The number of nitrogens with zero attached hydrogens (tertiary/aromatic N) is 1. The molecule has 0 aliphatic heterocycles. The van der Waals surface area contributed by atoms with Crippen molar-refractivity contribution in [1.29, 1.82) is 0 Å². The van der Waals surface area contributed by atoms with Crippen molar-refractivity contribution in [2.45, 2.75) is 39.0 Å². The monoisotopic (exact) mass is 383 g/mol. The van der Waals surface area contributed by atoms with E-state index in [4.69, 9.17) is 14.2 Å². The number of esters is 1. The maximum absolute atomic E-state index is 11.9. The molecule has 0 N–H and O–H groups in total.